The van der Waals surface area contributed by atoms with Crippen LogP contribution in [0.15, 0.2) is 0 Å². The van der Waals surface area contributed by atoms with Crippen molar-refractivity contribution in [2.24, 2.45) is 29.6 Å². The molecule has 1 N–H and O–H groups in total. The maximum absolute atomic E-state index is 13.3. The lowest BCUT2D eigenvalue weighted by atomic mass is 9.51. The number of piperazine rings is 1. The molecule has 5 saturated carbocycles. The molecule has 0 aromatic carbocycles. The van der Waals surface area contributed by atoms with Crippen LogP contribution in [0.4, 0.5) is 0 Å². The lowest BCUT2D eigenvalue weighted by Gasteiger charge is -2.54. The van der Waals surface area contributed by atoms with E-state index in [-0.39, 0.29) is 11.9 Å². The highest BCUT2D eigenvalue weighted by molar-refractivity contribution is 5.82. The van der Waals surface area contributed by atoms with Crippen LogP contribution in [0.3, 0.4) is 0 Å². The first-order chi connectivity index (χ1) is 12.6. The first-order valence-electron chi connectivity index (χ1n) is 10.9. The zero-order chi connectivity index (χ0) is 17.8. The highest BCUT2D eigenvalue weighted by Gasteiger charge is 2.51. The van der Waals surface area contributed by atoms with Crippen LogP contribution in [-0.4, -0.2) is 59.9 Å². The Labute approximate surface area is 156 Å². The minimum Gasteiger partial charge on any atom is -0.352 e. The first-order valence-corrected chi connectivity index (χ1v) is 10.9. The van der Waals surface area contributed by atoms with Gasteiger partial charge >= 0.3 is 0 Å². The van der Waals surface area contributed by atoms with Gasteiger partial charge in [0.05, 0.1) is 6.04 Å². The fourth-order valence-corrected chi connectivity index (χ4v) is 6.58. The molecule has 0 radical (unpaired) electrons. The Kier molecular flexibility index (Phi) is 4.26. The maximum Gasteiger partial charge on any atom is 0.237 e. The zero-order valence-corrected chi connectivity index (χ0v) is 16.0. The van der Waals surface area contributed by atoms with Crippen LogP contribution in [-0.2, 0) is 9.59 Å². The van der Waals surface area contributed by atoms with Gasteiger partial charge in [-0.15, -0.1) is 0 Å². The molecule has 0 aromatic rings. The third-order valence-electron chi connectivity index (χ3n) is 7.99. The molecule has 6 fully saturated rings. The van der Waals surface area contributed by atoms with Gasteiger partial charge in [-0.2, -0.15) is 0 Å². The van der Waals surface area contributed by atoms with Crippen LogP contribution in [0.2, 0.25) is 0 Å². The van der Waals surface area contributed by atoms with E-state index in [1.807, 2.05) is 6.92 Å². The lowest BCUT2D eigenvalue weighted by molar-refractivity contribution is -0.151. The molecule has 1 atom stereocenters. The monoisotopic (exact) mass is 359 g/mol. The molecule has 5 heteroatoms. The van der Waals surface area contributed by atoms with Crippen molar-refractivity contribution in [1.82, 2.24) is 15.1 Å². The van der Waals surface area contributed by atoms with Crippen LogP contribution in [0.5, 0.6) is 0 Å². The summed E-state index contributed by atoms with van der Waals surface area (Å²) in [6.45, 7) is 5.26. The molecule has 1 saturated heterocycles. The van der Waals surface area contributed by atoms with E-state index in [0.717, 1.165) is 50.9 Å². The summed E-state index contributed by atoms with van der Waals surface area (Å²) in [5.74, 6) is 4.08. The first kappa shape index (κ1) is 17.0. The van der Waals surface area contributed by atoms with Crippen LogP contribution < -0.4 is 5.32 Å². The van der Waals surface area contributed by atoms with E-state index in [1.165, 1.54) is 32.1 Å². The molecule has 6 rings (SSSR count). The van der Waals surface area contributed by atoms with E-state index in [9.17, 15) is 9.59 Å². The number of nitrogens with one attached hydrogen (secondary N) is 1. The van der Waals surface area contributed by atoms with E-state index in [0.29, 0.717) is 29.7 Å². The fourth-order valence-electron chi connectivity index (χ4n) is 6.58. The summed E-state index contributed by atoms with van der Waals surface area (Å²) in [5, 5.41) is 3.11. The van der Waals surface area contributed by atoms with Crippen molar-refractivity contribution >= 4 is 11.8 Å². The highest BCUT2D eigenvalue weighted by Crippen LogP contribution is 2.56. The molecule has 5 aliphatic carbocycles. The highest BCUT2D eigenvalue weighted by atomic mass is 16.2. The smallest absolute Gasteiger partial charge is 0.237 e. The van der Waals surface area contributed by atoms with Gasteiger partial charge < -0.3 is 10.2 Å². The summed E-state index contributed by atoms with van der Waals surface area (Å²) in [5.41, 5.74) is 0. The van der Waals surface area contributed by atoms with E-state index >= 15 is 0 Å². The molecular weight excluding hydrogens is 326 g/mol. The SMILES string of the molecule is CC(C(=O)NC1CC1)N1CCN(C(=O)C2C3CC4CC(C3)CC2C4)CC1. The number of nitrogens with zero attached hydrogens (tertiary/aromatic N) is 2. The van der Waals surface area contributed by atoms with E-state index in [1.54, 1.807) is 0 Å². The normalized spacial score (nSPS) is 40.5. The Bertz CT molecular complexity index is 552. The standard InChI is InChI=1S/C21H33N3O2/c1-13(20(25)22-18-2-3-18)23-4-6-24(7-5-23)21(26)19-16-9-14-8-15(11-16)12-17(19)10-14/h13-19H,2-12H2,1H3,(H,22,25). The molecule has 6 aliphatic rings. The van der Waals surface area contributed by atoms with Crippen LogP contribution in [0.1, 0.15) is 51.9 Å². The minimum atomic E-state index is -0.0750. The van der Waals surface area contributed by atoms with Crippen molar-refractivity contribution in [2.45, 2.75) is 64.0 Å². The lowest BCUT2D eigenvalue weighted by Crippen LogP contribution is -2.58. The summed E-state index contributed by atoms with van der Waals surface area (Å²) >= 11 is 0. The molecule has 1 unspecified atom stereocenters. The van der Waals surface area contributed by atoms with E-state index < -0.39 is 0 Å². The van der Waals surface area contributed by atoms with Gasteiger partial charge in [0, 0.05) is 38.1 Å². The van der Waals surface area contributed by atoms with Gasteiger partial charge in [-0.1, -0.05) is 0 Å². The minimum absolute atomic E-state index is 0.0750. The van der Waals surface area contributed by atoms with Gasteiger partial charge in [0.2, 0.25) is 11.8 Å². The Morgan fingerprint density at radius 1 is 0.885 bits per heavy atom. The Morgan fingerprint density at radius 3 is 2.00 bits per heavy atom. The zero-order valence-electron chi connectivity index (χ0n) is 16.0. The Morgan fingerprint density at radius 2 is 1.46 bits per heavy atom. The molecule has 144 valence electrons. The van der Waals surface area contributed by atoms with E-state index in [2.05, 4.69) is 15.1 Å². The molecule has 0 aromatic heterocycles. The number of carbonyl (C=O) groups excluding carboxylic acids is 2. The topological polar surface area (TPSA) is 52.7 Å². The summed E-state index contributed by atoms with van der Waals surface area (Å²) in [4.78, 5) is 29.9. The van der Waals surface area contributed by atoms with Crippen LogP contribution in [0, 0.1) is 29.6 Å². The molecule has 0 spiro atoms. The number of carbonyl (C=O) groups is 2. The predicted molar refractivity (Wildman–Crippen MR) is 99.3 cm³/mol. The molecule has 26 heavy (non-hydrogen) atoms. The van der Waals surface area contributed by atoms with Crippen LogP contribution in [0.25, 0.3) is 0 Å². The van der Waals surface area contributed by atoms with Gasteiger partial charge in [-0.25, -0.2) is 0 Å². The third-order valence-corrected chi connectivity index (χ3v) is 7.99. The summed E-state index contributed by atoms with van der Waals surface area (Å²) in [7, 11) is 0. The van der Waals surface area contributed by atoms with Gasteiger partial charge in [0.25, 0.3) is 0 Å². The molecular formula is C21H33N3O2. The number of hydrogen-bond donors (Lipinski definition) is 1. The van der Waals surface area contributed by atoms with Gasteiger partial charge in [0.15, 0.2) is 0 Å². The molecule has 1 heterocycles. The van der Waals surface area contributed by atoms with Gasteiger partial charge in [0.1, 0.15) is 0 Å². The average molecular weight is 360 g/mol. The quantitative estimate of drug-likeness (QED) is 0.834. The summed E-state index contributed by atoms with van der Waals surface area (Å²) < 4.78 is 0. The predicted octanol–water partition coefficient (Wildman–Crippen LogP) is 1.87. The molecule has 5 nitrogen and oxygen atoms in total. The van der Waals surface area contributed by atoms with E-state index in [4.69, 9.17) is 0 Å². The Balaban J connectivity index is 1.16. The third kappa shape index (κ3) is 3.06. The van der Waals surface area contributed by atoms with Gasteiger partial charge in [-0.05, 0) is 75.5 Å². The number of hydrogen-bond acceptors (Lipinski definition) is 3. The van der Waals surface area contributed by atoms with Crippen molar-refractivity contribution < 1.29 is 9.59 Å². The Hall–Kier alpha value is -1.10. The number of rotatable bonds is 4. The number of amides is 2. The van der Waals surface area contributed by atoms with Crippen molar-refractivity contribution in [2.75, 3.05) is 26.2 Å². The summed E-state index contributed by atoms with van der Waals surface area (Å²) in [6, 6.07) is 0.346. The van der Waals surface area contributed by atoms with Crippen molar-refractivity contribution in [3.05, 3.63) is 0 Å². The molecule has 4 bridgehead atoms. The second-order valence-corrected chi connectivity index (χ2v) is 9.78. The van der Waals surface area contributed by atoms with Crippen molar-refractivity contribution in [1.29, 1.82) is 0 Å². The second-order valence-electron chi connectivity index (χ2n) is 9.78. The second kappa shape index (κ2) is 6.50. The van der Waals surface area contributed by atoms with Gasteiger partial charge in [-0.3, -0.25) is 14.5 Å². The fraction of sp³-hybridized carbons (Fsp3) is 0.905. The van der Waals surface area contributed by atoms with Crippen molar-refractivity contribution in [3.8, 4) is 0 Å². The van der Waals surface area contributed by atoms with Crippen LogP contribution >= 0.6 is 0 Å². The maximum atomic E-state index is 13.3. The average Bonchev–Trinajstić information content (AvgIpc) is 3.44. The largest absolute Gasteiger partial charge is 0.352 e. The molecule has 2 amide bonds. The molecule has 1 aliphatic heterocycles. The summed E-state index contributed by atoms with van der Waals surface area (Å²) in [6.07, 6.45) is 8.93. The van der Waals surface area contributed by atoms with Crippen molar-refractivity contribution in [3.63, 3.8) is 0 Å².